The molecule has 0 spiro atoms. The Balaban J connectivity index is 1.56. The normalized spacial score (nSPS) is 11.5. The van der Waals surface area contributed by atoms with Crippen molar-refractivity contribution >= 4 is 17.5 Å². The highest BCUT2D eigenvalue weighted by atomic mass is 19.2. The summed E-state index contributed by atoms with van der Waals surface area (Å²) in [7, 11) is 0. The minimum atomic E-state index is -0.694. The zero-order valence-corrected chi connectivity index (χ0v) is 15.7. The van der Waals surface area contributed by atoms with Crippen molar-refractivity contribution in [2.75, 3.05) is 5.32 Å². The van der Waals surface area contributed by atoms with E-state index in [1.165, 1.54) is 0 Å². The molecule has 3 rings (SSSR count). The summed E-state index contributed by atoms with van der Waals surface area (Å²) in [6.07, 6.45) is 2.99. The Kier molecular flexibility index (Phi) is 6.65. The molecule has 0 bridgehead atoms. The lowest BCUT2D eigenvalue weighted by Gasteiger charge is -2.16. The highest BCUT2D eigenvalue weighted by Gasteiger charge is 2.18. The van der Waals surface area contributed by atoms with Crippen LogP contribution in [0.2, 0.25) is 0 Å². The molecule has 2 amide bonds. The summed E-state index contributed by atoms with van der Waals surface area (Å²) in [6, 6.07) is 18.2. The Morgan fingerprint density at radius 1 is 1.00 bits per heavy atom. The number of hydrogen-bond donors (Lipinski definition) is 2. The van der Waals surface area contributed by atoms with Crippen LogP contribution in [0.3, 0.4) is 0 Å². The fourth-order valence-electron chi connectivity index (χ4n) is 2.76. The largest absolute Gasteiger partial charge is 0.324 e. The summed E-state index contributed by atoms with van der Waals surface area (Å²) in [4.78, 5) is 28.3. The van der Waals surface area contributed by atoms with Gasteiger partial charge in [0.2, 0.25) is 0 Å². The maximum absolute atomic E-state index is 14.1. The Hall–Kier alpha value is -3.58. The average molecular weight is 392 g/mol. The molecule has 6 nitrogen and oxygen atoms in total. The van der Waals surface area contributed by atoms with Gasteiger partial charge in [-0.2, -0.15) is 5.12 Å². The smallest absolute Gasteiger partial charge is 0.255 e. The van der Waals surface area contributed by atoms with E-state index in [1.54, 1.807) is 73.1 Å². The molecule has 0 saturated heterocycles. The molecular weight excluding hydrogens is 371 g/mol. The first-order valence-electron chi connectivity index (χ1n) is 9.10. The quantitative estimate of drug-likeness (QED) is 0.601. The molecule has 7 heteroatoms. The van der Waals surface area contributed by atoms with Crippen LogP contribution in [-0.4, -0.2) is 21.9 Å². The van der Waals surface area contributed by atoms with Crippen LogP contribution in [0.15, 0.2) is 79.1 Å². The van der Waals surface area contributed by atoms with Gasteiger partial charge in [0.15, 0.2) is 0 Å². The van der Waals surface area contributed by atoms with Crippen molar-refractivity contribution in [2.45, 2.75) is 19.0 Å². The van der Waals surface area contributed by atoms with Gasteiger partial charge in [-0.15, -0.1) is 0 Å². The predicted octanol–water partition coefficient (Wildman–Crippen LogP) is 3.64. The van der Waals surface area contributed by atoms with Gasteiger partial charge in [0.25, 0.3) is 11.8 Å². The topological polar surface area (TPSA) is 88.3 Å². The minimum absolute atomic E-state index is 0.124. The number of carbonyl (C=O) groups excluding carboxylic acids is 2. The van der Waals surface area contributed by atoms with Crippen LogP contribution in [0, 0.1) is 0 Å². The molecule has 29 heavy (non-hydrogen) atoms. The molecule has 3 N–H and O–H groups in total. The number of nitrogens with one attached hydrogen (secondary N) is 1. The number of halogens is 1. The van der Waals surface area contributed by atoms with Crippen LogP contribution in [0.4, 0.5) is 10.2 Å². The van der Waals surface area contributed by atoms with E-state index in [9.17, 15) is 14.1 Å². The number of nitrogens with zero attached hydrogens (tertiary/aromatic N) is 2. The van der Waals surface area contributed by atoms with Crippen molar-refractivity contribution in [1.29, 1.82) is 0 Å². The van der Waals surface area contributed by atoms with E-state index in [4.69, 9.17) is 5.73 Å². The molecule has 1 aromatic heterocycles. The van der Waals surface area contributed by atoms with E-state index in [-0.39, 0.29) is 24.0 Å². The molecule has 0 radical (unpaired) electrons. The van der Waals surface area contributed by atoms with Crippen molar-refractivity contribution in [3.8, 4) is 0 Å². The predicted molar refractivity (Wildman–Crippen MR) is 108 cm³/mol. The van der Waals surface area contributed by atoms with Gasteiger partial charge in [0.1, 0.15) is 0 Å². The molecule has 1 atom stereocenters. The van der Waals surface area contributed by atoms with Crippen molar-refractivity contribution in [3.05, 3.63) is 95.8 Å². The zero-order chi connectivity index (χ0) is 20.6. The third-order valence-electron chi connectivity index (χ3n) is 4.37. The number of carbonyl (C=O) groups is 2. The fourth-order valence-corrected chi connectivity index (χ4v) is 2.76. The molecule has 0 fully saturated rings. The van der Waals surface area contributed by atoms with Crippen molar-refractivity contribution < 1.29 is 14.1 Å². The van der Waals surface area contributed by atoms with Gasteiger partial charge >= 0.3 is 0 Å². The number of benzene rings is 2. The third-order valence-corrected chi connectivity index (χ3v) is 4.37. The lowest BCUT2D eigenvalue weighted by molar-refractivity contribution is -0.148. The second-order valence-corrected chi connectivity index (χ2v) is 6.52. The first-order chi connectivity index (χ1) is 14.0. The monoisotopic (exact) mass is 392 g/mol. The summed E-state index contributed by atoms with van der Waals surface area (Å²) < 4.78 is 14.1. The molecule has 2 aromatic carbocycles. The summed E-state index contributed by atoms with van der Waals surface area (Å²) in [5.74, 6) is -0.967. The second-order valence-electron chi connectivity index (χ2n) is 6.52. The van der Waals surface area contributed by atoms with Crippen LogP contribution < -0.4 is 11.1 Å². The highest BCUT2D eigenvalue weighted by molar-refractivity contribution is 6.04. The molecule has 1 unspecified atom stereocenters. The average Bonchev–Trinajstić information content (AvgIpc) is 2.75. The van der Waals surface area contributed by atoms with Gasteiger partial charge in [-0.3, -0.25) is 14.6 Å². The number of rotatable bonds is 7. The molecular formula is C22H21FN4O2. The Morgan fingerprint density at radius 2 is 1.66 bits per heavy atom. The number of hydrogen-bond acceptors (Lipinski definition) is 4. The van der Waals surface area contributed by atoms with Gasteiger partial charge in [-0.05, 0) is 35.4 Å². The highest BCUT2D eigenvalue weighted by Crippen LogP contribution is 2.18. The number of anilines is 1. The van der Waals surface area contributed by atoms with Crippen LogP contribution in [0.5, 0.6) is 0 Å². The first-order valence-corrected chi connectivity index (χ1v) is 9.10. The van der Waals surface area contributed by atoms with Crippen molar-refractivity contribution in [3.63, 3.8) is 0 Å². The fraction of sp³-hybridized carbons (Fsp3) is 0.136. The molecule has 3 aromatic rings. The van der Waals surface area contributed by atoms with Gasteiger partial charge in [-0.1, -0.05) is 46.9 Å². The van der Waals surface area contributed by atoms with Gasteiger partial charge in [0, 0.05) is 36.1 Å². The van der Waals surface area contributed by atoms with Gasteiger partial charge < -0.3 is 11.1 Å². The second kappa shape index (κ2) is 9.57. The van der Waals surface area contributed by atoms with Crippen LogP contribution in [0.25, 0.3) is 0 Å². The summed E-state index contributed by atoms with van der Waals surface area (Å²) >= 11 is 0. The number of amides is 2. The van der Waals surface area contributed by atoms with Crippen LogP contribution in [-0.2, 0) is 11.3 Å². The number of nitrogens with two attached hydrogens (primary N) is 1. The molecule has 1 heterocycles. The van der Waals surface area contributed by atoms with Crippen molar-refractivity contribution in [1.82, 2.24) is 10.1 Å². The minimum Gasteiger partial charge on any atom is -0.324 e. The van der Waals surface area contributed by atoms with E-state index in [0.29, 0.717) is 22.4 Å². The number of aromatic nitrogens is 1. The molecule has 0 aliphatic carbocycles. The van der Waals surface area contributed by atoms with Crippen LogP contribution >= 0.6 is 0 Å². The van der Waals surface area contributed by atoms with E-state index >= 15 is 0 Å². The first kappa shape index (κ1) is 20.2. The van der Waals surface area contributed by atoms with Gasteiger partial charge in [-0.25, -0.2) is 0 Å². The molecule has 0 saturated carbocycles. The number of pyridine rings is 1. The zero-order valence-electron chi connectivity index (χ0n) is 15.7. The van der Waals surface area contributed by atoms with E-state index in [1.807, 2.05) is 6.07 Å². The summed E-state index contributed by atoms with van der Waals surface area (Å²) in [5, 5.41) is 2.93. The van der Waals surface area contributed by atoms with E-state index in [2.05, 4.69) is 10.3 Å². The Bertz CT molecular complexity index is 950. The van der Waals surface area contributed by atoms with Gasteiger partial charge in [0.05, 0.1) is 6.54 Å². The maximum atomic E-state index is 14.1. The lowest BCUT2D eigenvalue weighted by Crippen LogP contribution is -2.26. The Labute approximate surface area is 168 Å². The van der Waals surface area contributed by atoms with Crippen LogP contribution in [0.1, 0.15) is 33.9 Å². The molecule has 0 aliphatic heterocycles. The van der Waals surface area contributed by atoms with E-state index in [0.717, 1.165) is 0 Å². The third kappa shape index (κ3) is 5.70. The summed E-state index contributed by atoms with van der Waals surface area (Å²) in [6.45, 7) is -0.124. The SMILES string of the molecule is NC(CC(=O)N(F)Cc1ccccc1)c1ccc(C(=O)Nc2ccncc2)cc1. The molecule has 148 valence electrons. The van der Waals surface area contributed by atoms with Crippen molar-refractivity contribution in [2.24, 2.45) is 5.73 Å². The summed E-state index contributed by atoms with van der Waals surface area (Å²) in [5.41, 5.74) is 8.48. The Morgan fingerprint density at radius 3 is 2.31 bits per heavy atom. The lowest BCUT2D eigenvalue weighted by atomic mass is 10.0. The standard InChI is InChI=1S/C22H21FN4O2/c23-27(15-16-4-2-1-3-5-16)21(28)14-20(24)17-6-8-18(9-7-17)22(29)26-19-10-12-25-13-11-19/h1-13,20H,14-15,24H2,(H,25,26,29). The molecule has 0 aliphatic rings. The van der Waals surface area contributed by atoms with E-state index < -0.39 is 11.9 Å². The maximum Gasteiger partial charge on any atom is 0.255 e.